The Labute approximate surface area is 139 Å². The van der Waals surface area contributed by atoms with Gasteiger partial charge in [-0.3, -0.25) is 0 Å². The quantitative estimate of drug-likeness (QED) is 0.769. The Morgan fingerprint density at radius 2 is 1.87 bits per heavy atom. The molecule has 1 aliphatic heterocycles. The summed E-state index contributed by atoms with van der Waals surface area (Å²) in [6.45, 7) is 12.2. The van der Waals surface area contributed by atoms with E-state index in [-0.39, 0.29) is 12.2 Å². The van der Waals surface area contributed by atoms with Crippen molar-refractivity contribution in [3.63, 3.8) is 0 Å². The molecule has 1 aliphatic rings. The molecule has 0 saturated carbocycles. The number of rotatable bonds is 5. The minimum atomic E-state index is -0.201. The molecule has 0 N–H and O–H groups in total. The summed E-state index contributed by atoms with van der Waals surface area (Å²) in [6.07, 6.45) is 2.18. The molecule has 0 unspecified atom stereocenters. The fraction of sp³-hybridized carbons (Fsp3) is 0.526. The van der Waals surface area contributed by atoms with Crippen molar-refractivity contribution in [3.8, 4) is 11.8 Å². The van der Waals surface area contributed by atoms with Gasteiger partial charge in [-0.15, -0.1) is 0 Å². The predicted octanol–water partition coefficient (Wildman–Crippen LogP) is 4.05. The number of likely N-dealkylation sites (tertiary alicyclic amines) is 1. The van der Waals surface area contributed by atoms with E-state index < -0.39 is 0 Å². The highest BCUT2D eigenvalue weighted by Gasteiger charge is 2.24. The van der Waals surface area contributed by atoms with Crippen LogP contribution in [0.25, 0.3) is 0 Å². The van der Waals surface area contributed by atoms with Gasteiger partial charge in [0.15, 0.2) is 12.5 Å². The summed E-state index contributed by atoms with van der Waals surface area (Å²) in [4.78, 5) is 2.23. The van der Waals surface area contributed by atoms with Crippen LogP contribution < -0.4 is 4.74 Å². The normalized spacial score (nSPS) is 15.8. The fourth-order valence-corrected chi connectivity index (χ4v) is 2.83. The topological polar surface area (TPSA) is 45.5 Å². The van der Waals surface area contributed by atoms with Crippen molar-refractivity contribution in [3.05, 3.63) is 42.3 Å². The fourth-order valence-electron chi connectivity index (χ4n) is 2.83. The van der Waals surface area contributed by atoms with E-state index in [1.54, 1.807) is 0 Å². The zero-order valence-corrected chi connectivity index (χ0v) is 14.3. The molecule has 0 aromatic heterocycles. The first kappa shape index (κ1) is 17.2. The molecule has 1 aromatic rings. The lowest BCUT2D eigenvalue weighted by molar-refractivity contribution is -0.00293. The molecule has 23 heavy (non-hydrogen) atoms. The second-order valence-electron chi connectivity index (χ2n) is 6.89. The van der Waals surface area contributed by atoms with Gasteiger partial charge in [-0.1, -0.05) is 12.1 Å². The van der Waals surface area contributed by atoms with Crippen LogP contribution in [-0.2, 0) is 4.74 Å². The van der Waals surface area contributed by atoms with E-state index in [9.17, 15) is 0 Å². The first-order chi connectivity index (χ1) is 10.9. The zero-order chi connectivity index (χ0) is 16.9. The Bertz CT molecular complexity index is 559. The Hall–Kier alpha value is -2.15. The smallest absolute Gasteiger partial charge is 0.182 e. The molecule has 1 aromatic carbocycles. The maximum absolute atomic E-state index is 8.53. The minimum absolute atomic E-state index is 0.0909. The highest BCUT2D eigenvalue weighted by atomic mass is 16.5. The van der Waals surface area contributed by atoms with E-state index in [1.165, 1.54) is 5.56 Å². The van der Waals surface area contributed by atoms with Gasteiger partial charge in [0, 0.05) is 13.1 Å². The van der Waals surface area contributed by atoms with Crippen molar-refractivity contribution in [1.82, 2.24) is 4.90 Å². The molecular weight excluding hydrogens is 288 g/mol. The van der Waals surface area contributed by atoms with Crippen LogP contribution in [0.15, 0.2) is 36.7 Å². The molecule has 2 rings (SSSR count). The molecule has 0 spiro atoms. The number of piperidine rings is 1. The highest BCUT2D eigenvalue weighted by molar-refractivity contribution is 5.30. The second kappa shape index (κ2) is 7.41. The Morgan fingerprint density at radius 1 is 1.26 bits per heavy atom. The van der Waals surface area contributed by atoms with Crippen LogP contribution in [0.3, 0.4) is 0 Å². The molecule has 0 atom stereocenters. The average molecular weight is 314 g/mol. The van der Waals surface area contributed by atoms with E-state index in [0.29, 0.717) is 5.92 Å². The van der Waals surface area contributed by atoms with Gasteiger partial charge in [0.05, 0.1) is 0 Å². The number of nitrogens with zero attached hydrogens (tertiary/aromatic N) is 2. The van der Waals surface area contributed by atoms with Crippen LogP contribution in [0.4, 0.5) is 0 Å². The van der Waals surface area contributed by atoms with Gasteiger partial charge in [-0.25, -0.2) is 0 Å². The van der Waals surface area contributed by atoms with Crippen LogP contribution >= 0.6 is 0 Å². The number of hydrogen-bond donors (Lipinski definition) is 0. The van der Waals surface area contributed by atoms with Gasteiger partial charge in [-0.05, 0) is 63.8 Å². The number of benzene rings is 1. The number of ether oxygens (including phenoxy) is 2. The minimum Gasteiger partial charge on any atom is -0.479 e. The Morgan fingerprint density at radius 3 is 2.39 bits per heavy atom. The van der Waals surface area contributed by atoms with Crippen molar-refractivity contribution < 1.29 is 9.47 Å². The Kier molecular flexibility index (Phi) is 5.54. The second-order valence-corrected chi connectivity index (χ2v) is 6.89. The van der Waals surface area contributed by atoms with Crippen LogP contribution in [0, 0.1) is 11.3 Å². The third-order valence-electron chi connectivity index (χ3n) is 3.93. The summed E-state index contributed by atoms with van der Waals surface area (Å²) < 4.78 is 11.2. The summed E-state index contributed by atoms with van der Waals surface area (Å²) in [5, 5.41) is 8.53. The first-order valence-corrected chi connectivity index (χ1v) is 8.11. The molecule has 0 radical (unpaired) electrons. The average Bonchev–Trinajstić information content (AvgIpc) is 2.52. The van der Waals surface area contributed by atoms with E-state index >= 15 is 0 Å². The van der Waals surface area contributed by atoms with Crippen molar-refractivity contribution in [1.29, 1.82) is 5.26 Å². The first-order valence-electron chi connectivity index (χ1n) is 8.11. The van der Waals surface area contributed by atoms with Crippen LogP contribution in [0.5, 0.6) is 5.75 Å². The molecule has 4 heteroatoms. The van der Waals surface area contributed by atoms with Crippen LogP contribution in [-0.4, -0.2) is 30.2 Å². The van der Waals surface area contributed by atoms with Gasteiger partial charge in [-0.2, -0.15) is 5.26 Å². The molecule has 124 valence electrons. The van der Waals surface area contributed by atoms with Gasteiger partial charge in [0.1, 0.15) is 17.4 Å². The lowest BCUT2D eigenvalue weighted by Crippen LogP contribution is -2.35. The van der Waals surface area contributed by atoms with E-state index in [4.69, 9.17) is 14.7 Å². The van der Waals surface area contributed by atoms with Gasteiger partial charge in [0.25, 0.3) is 0 Å². The van der Waals surface area contributed by atoms with Crippen molar-refractivity contribution in [2.75, 3.05) is 19.7 Å². The van der Waals surface area contributed by atoms with Gasteiger partial charge in [0.2, 0.25) is 0 Å². The molecule has 0 aliphatic carbocycles. The summed E-state index contributed by atoms with van der Waals surface area (Å²) in [7, 11) is 0. The summed E-state index contributed by atoms with van der Waals surface area (Å²) in [6, 6.07) is 10.1. The molecule has 1 saturated heterocycles. The lowest BCUT2D eigenvalue weighted by Gasteiger charge is -2.36. The maximum Gasteiger partial charge on any atom is 0.182 e. The maximum atomic E-state index is 8.53. The molecule has 4 nitrogen and oxygen atoms in total. The summed E-state index contributed by atoms with van der Waals surface area (Å²) in [5.74, 6) is 2.08. The third-order valence-corrected chi connectivity index (χ3v) is 3.93. The molecule has 0 bridgehead atoms. The highest BCUT2D eigenvalue weighted by Crippen LogP contribution is 2.31. The zero-order valence-electron chi connectivity index (χ0n) is 14.3. The largest absolute Gasteiger partial charge is 0.479 e. The van der Waals surface area contributed by atoms with E-state index in [1.807, 2.05) is 39.0 Å². The van der Waals surface area contributed by atoms with E-state index in [2.05, 4.69) is 23.6 Å². The van der Waals surface area contributed by atoms with Gasteiger partial charge >= 0.3 is 0 Å². The summed E-state index contributed by atoms with van der Waals surface area (Å²) >= 11 is 0. The molecule has 1 fully saturated rings. The molecule has 0 amide bonds. The van der Waals surface area contributed by atoms with E-state index in [0.717, 1.165) is 37.6 Å². The molecule has 1 heterocycles. The van der Waals surface area contributed by atoms with Crippen molar-refractivity contribution >= 4 is 0 Å². The Balaban J connectivity index is 1.87. The van der Waals surface area contributed by atoms with Gasteiger partial charge < -0.3 is 14.4 Å². The van der Waals surface area contributed by atoms with Crippen molar-refractivity contribution in [2.45, 2.75) is 45.1 Å². The predicted molar refractivity (Wildman–Crippen MR) is 91.1 cm³/mol. The SMILES string of the molecule is C=C(OC(C)(C)C)N1CCC(c2ccc(OCC#N)cc2)CC1. The number of nitriles is 1. The molecular formula is C19H26N2O2. The van der Waals surface area contributed by atoms with Crippen LogP contribution in [0.2, 0.25) is 0 Å². The monoisotopic (exact) mass is 314 g/mol. The summed E-state index contributed by atoms with van der Waals surface area (Å²) in [5.41, 5.74) is 1.13. The van der Waals surface area contributed by atoms with Crippen molar-refractivity contribution in [2.24, 2.45) is 0 Å². The number of hydrogen-bond acceptors (Lipinski definition) is 4. The standard InChI is InChI=1S/C19H26N2O2/c1-15(23-19(2,3)4)21-12-9-17(10-13-21)16-5-7-18(8-6-16)22-14-11-20/h5-8,17H,1,9-10,12-14H2,2-4H3. The third kappa shape index (κ3) is 5.21. The van der Waals surface area contributed by atoms with Crippen LogP contribution in [0.1, 0.15) is 45.1 Å². The lowest BCUT2D eigenvalue weighted by atomic mass is 9.89.